The Hall–Kier alpha value is -1.81. The number of methoxy groups -OCH3 is 1. The fraction of sp³-hybridized carbons (Fsp3) is 0.250. The van der Waals surface area contributed by atoms with Crippen LogP contribution in [0.4, 0.5) is 0 Å². The predicted octanol–water partition coefficient (Wildman–Crippen LogP) is 1.26. The molecule has 0 saturated heterocycles. The van der Waals surface area contributed by atoms with Gasteiger partial charge >= 0.3 is 5.97 Å². The van der Waals surface area contributed by atoms with E-state index in [0.29, 0.717) is 6.42 Å². The van der Waals surface area contributed by atoms with Crippen molar-refractivity contribution < 1.29 is 14.6 Å². The minimum Gasteiger partial charge on any atom is -0.504 e. The van der Waals surface area contributed by atoms with E-state index >= 15 is 0 Å². The molecule has 0 unspecified atom stereocenters. The van der Waals surface area contributed by atoms with E-state index in [1.165, 1.54) is 0 Å². The van der Waals surface area contributed by atoms with Gasteiger partial charge in [-0.05, 0) is 23.6 Å². The van der Waals surface area contributed by atoms with Gasteiger partial charge in [0.2, 0.25) is 0 Å². The second-order valence-electron chi connectivity index (χ2n) is 3.39. The highest BCUT2D eigenvalue weighted by atomic mass is 16.5. The van der Waals surface area contributed by atoms with Gasteiger partial charge in [0, 0.05) is 0 Å². The fourth-order valence-corrected chi connectivity index (χ4v) is 1.35. The molecule has 86 valence electrons. The molecule has 4 heteroatoms. The van der Waals surface area contributed by atoms with Gasteiger partial charge in [0.25, 0.3) is 0 Å². The van der Waals surface area contributed by atoms with Crippen molar-refractivity contribution in [1.29, 1.82) is 0 Å². The number of benzene rings is 1. The average molecular weight is 221 g/mol. The van der Waals surface area contributed by atoms with E-state index in [9.17, 15) is 4.79 Å². The van der Waals surface area contributed by atoms with Gasteiger partial charge < -0.3 is 15.6 Å². The molecule has 16 heavy (non-hydrogen) atoms. The largest absolute Gasteiger partial charge is 0.504 e. The molecule has 0 saturated carbocycles. The molecule has 0 bridgehead atoms. The molecule has 0 spiro atoms. The number of nitrogens with two attached hydrogens (primary N) is 1. The Morgan fingerprint density at radius 3 is 2.88 bits per heavy atom. The second kappa shape index (κ2) is 5.92. The lowest BCUT2D eigenvalue weighted by molar-refractivity contribution is -0.138. The molecule has 1 rings (SSSR count). The molecular formula is C12H15NO3. The van der Waals surface area contributed by atoms with Crippen LogP contribution in [0.2, 0.25) is 0 Å². The molecule has 0 heterocycles. The van der Waals surface area contributed by atoms with Crippen LogP contribution in [0.5, 0.6) is 0 Å². The molecule has 0 fully saturated rings. The zero-order valence-corrected chi connectivity index (χ0v) is 9.09. The summed E-state index contributed by atoms with van der Waals surface area (Å²) < 4.78 is 4.83. The lowest BCUT2D eigenvalue weighted by Gasteiger charge is -2.09. The predicted molar refractivity (Wildman–Crippen MR) is 61.8 cm³/mol. The molecule has 0 aliphatic rings. The third kappa shape index (κ3) is 3.40. The van der Waals surface area contributed by atoms with Crippen LogP contribution >= 0.6 is 0 Å². The van der Waals surface area contributed by atoms with Gasteiger partial charge in [-0.1, -0.05) is 24.3 Å². The van der Waals surface area contributed by atoms with Crippen molar-refractivity contribution >= 4 is 12.0 Å². The van der Waals surface area contributed by atoms with Gasteiger partial charge in [-0.2, -0.15) is 0 Å². The zero-order valence-electron chi connectivity index (χ0n) is 9.09. The van der Waals surface area contributed by atoms with Gasteiger partial charge in [-0.15, -0.1) is 0 Å². The number of hydrogen-bond donors (Lipinski definition) is 2. The SMILES string of the molecule is COC=Cc1ccccc1C[C@H](N)C(=O)O. The van der Waals surface area contributed by atoms with E-state index in [-0.39, 0.29) is 0 Å². The van der Waals surface area contributed by atoms with Crippen LogP contribution in [0.3, 0.4) is 0 Å². The number of carboxylic acid groups (broad SMARTS) is 1. The smallest absolute Gasteiger partial charge is 0.320 e. The summed E-state index contributed by atoms with van der Waals surface area (Å²) in [6.07, 6.45) is 3.63. The van der Waals surface area contributed by atoms with Crippen molar-refractivity contribution in [1.82, 2.24) is 0 Å². The van der Waals surface area contributed by atoms with Crippen LogP contribution in [0.15, 0.2) is 30.5 Å². The van der Waals surface area contributed by atoms with Crippen LogP contribution < -0.4 is 5.73 Å². The van der Waals surface area contributed by atoms with Crippen molar-refractivity contribution in [3.05, 3.63) is 41.7 Å². The standard InChI is InChI=1S/C12H15NO3/c1-16-7-6-9-4-2-3-5-10(9)8-11(13)12(14)15/h2-7,11H,8,13H2,1H3,(H,14,15)/t11-/m0/s1. The van der Waals surface area contributed by atoms with Crippen molar-refractivity contribution in [2.24, 2.45) is 5.73 Å². The minimum atomic E-state index is -0.995. The van der Waals surface area contributed by atoms with Crippen LogP contribution in [0.1, 0.15) is 11.1 Å². The molecule has 0 aliphatic carbocycles. The van der Waals surface area contributed by atoms with Crippen LogP contribution in [-0.2, 0) is 16.0 Å². The number of ether oxygens (including phenoxy) is 1. The fourth-order valence-electron chi connectivity index (χ4n) is 1.35. The summed E-state index contributed by atoms with van der Waals surface area (Å²) in [5.74, 6) is -0.995. The monoisotopic (exact) mass is 221 g/mol. The maximum absolute atomic E-state index is 10.7. The minimum absolute atomic E-state index is 0.305. The molecule has 0 amide bonds. The maximum atomic E-state index is 10.7. The normalized spacial score (nSPS) is 12.6. The molecule has 3 N–H and O–H groups in total. The Bertz CT molecular complexity index is 388. The number of rotatable bonds is 5. The highest BCUT2D eigenvalue weighted by Crippen LogP contribution is 2.12. The van der Waals surface area contributed by atoms with Gasteiger partial charge in [-0.3, -0.25) is 4.79 Å². The van der Waals surface area contributed by atoms with Crippen molar-refractivity contribution in [2.45, 2.75) is 12.5 Å². The van der Waals surface area contributed by atoms with E-state index in [1.807, 2.05) is 24.3 Å². The summed E-state index contributed by atoms with van der Waals surface area (Å²) >= 11 is 0. The zero-order chi connectivity index (χ0) is 12.0. The first-order valence-electron chi connectivity index (χ1n) is 4.90. The second-order valence-corrected chi connectivity index (χ2v) is 3.39. The van der Waals surface area contributed by atoms with Crippen LogP contribution in [0, 0.1) is 0 Å². The third-order valence-electron chi connectivity index (χ3n) is 2.20. The molecular weight excluding hydrogens is 206 g/mol. The lowest BCUT2D eigenvalue weighted by Crippen LogP contribution is -2.32. The molecule has 1 atom stereocenters. The first-order valence-corrected chi connectivity index (χ1v) is 4.90. The van der Waals surface area contributed by atoms with Gasteiger partial charge in [0.1, 0.15) is 6.04 Å². The number of carboxylic acids is 1. The van der Waals surface area contributed by atoms with Gasteiger partial charge in [0.15, 0.2) is 0 Å². The van der Waals surface area contributed by atoms with Crippen molar-refractivity contribution in [2.75, 3.05) is 7.11 Å². The lowest BCUT2D eigenvalue weighted by atomic mass is 10.0. The Morgan fingerprint density at radius 1 is 1.56 bits per heavy atom. The first kappa shape index (κ1) is 12.3. The average Bonchev–Trinajstić information content (AvgIpc) is 2.27. The summed E-state index contributed by atoms with van der Waals surface area (Å²) in [6.45, 7) is 0. The summed E-state index contributed by atoms with van der Waals surface area (Å²) in [7, 11) is 1.56. The summed E-state index contributed by atoms with van der Waals surface area (Å²) in [5, 5.41) is 8.74. The summed E-state index contributed by atoms with van der Waals surface area (Å²) in [5.41, 5.74) is 7.30. The highest BCUT2D eigenvalue weighted by molar-refractivity contribution is 5.74. The Morgan fingerprint density at radius 2 is 2.25 bits per heavy atom. The van der Waals surface area contributed by atoms with E-state index in [2.05, 4.69) is 0 Å². The van der Waals surface area contributed by atoms with Crippen LogP contribution in [0.25, 0.3) is 6.08 Å². The van der Waals surface area contributed by atoms with Crippen molar-refractivity contribution in [3.8, 4) is 0 Å². The number of hydrogen-bond acceptors (Lipinski definition) is 3. The van der Waals surface area contributed by atoms with Crippen LogP contribution in [-0.4, -0.2) is 24.2 Å². The number of aliphatic carboxylic acids is 1. The van der Waals surface area contributed by atoms with Crippen molar-refractivity contribution in [3.63, 3.8) is 0 Å². The Kier molecular flexibility index (Phi) is 4.54. The summed E-state index contributed by atoms with van der Waals surface area (Å²) in [4.78, 5) is 10.7. The molecule has 1 aromatic carbocycles. The van der Waals surface area contributed by atoms with E-state index in [1.54, 1.807) is 19.4 Å². The summed E-state index contributed by atoms with van der Waals surface area (Å²) in [6, 6.07) is 6.61. The molecule has 0 aromatic heterocycles. The molecule has 0 aliphatic heterocycles. The molecule has 1 aromatic rings. The van der Waals surface area contributed by atoms with E-state index < -0.39 is 12.0 Å². The molecule has 4 nitrogen and oxygen atoms in total. The maximum Gasteiger partial charge on any atom is 0.320 e. The molecule has 0 radical (unpaired) electrons. The Labute approximate surface area is 94.3 Å². The first-order chi connectivity index (χ1) is 7.65. The number of carbonyl (C=O) groups is 1. The van der Waals surface area contributed by atoms with E-state index in [4.69, 9.17) is 15.6 Å². The Balaban J connectivity index is 2.86. The van der Waals surface area contributed by atoms with E-state index in [0.717, 1.165) is 11.1 Å². The highest BCUT2D eigenvalue weighted by Gasteiger charge is 2.13. The topological polar surface area (TPSA) is 72.5 Å². The van der Waals surface area contributed by atoms with Gasteiger partial charge in [0.05, 0.1) is 13.4 Å². The third-order valence-corrected chi connectivity index (χ3v) is 2.20. The quantitative estimate of drug-likeness (QED) is 0.734. The van der Waals surface area contributed by atoms with Gasteiger partial charge in [-0.25, -0.2) is 0 Å².